The first-order valence-electron chi connectivity index (χ1n) is 7.74. The lowest BCUT2D eigenvalue weighted by molar-refractivity contribution is -0.143. The van der Waals surface area contributed by atoms with Gasteiger partial charge in [-0.05, 0) is 25.6 Å². The zero-order valence-electron chi connectivity index (χ0n) is 13.2. The molecule has 1 aromatic rings. The summed E-state index contributed by atoms with van der Waals surface area (Å²) in [5.74, 6) is -0.302. The fourth-order valence-corrected chi connectivity index (χ4v) is 6.85. The monoisotopic (exact) mass is 321 g/mol. The van der Waals surface area contributed by atoms with Crippen molar-refractivity contribution < 1.29 is 19.4 Å². The van der Waals surface area contributed by atoms with Crippen LogP contribution in [0.3, 0.4) is 0 Å². The van der Waals surface area contributed by atoms with Crippen molar-refractivity contribution in [2.45, 2.75) is 43.7 Å². The van der Waals surface area contributed by atoms with Crippen molar-refractivity contribution in [3.8, 4) is 0 Å². The molecule has 2 heterocycles. The number of carbonyl (C=O) groups is 1. The summed E-state index contributed by atoms with van der Waals surface area (Å²) >= 11 is 0. The molecule has 0 bridgehead atoms. The molecule has 1 spiro atoms. The van der Waals surface area contributed by atoms with E-state index in [-0.39, 0.29) is 30.1 Å². The topological polar surface area (TPSA) is 78.8 Å². The predicted octanol–water partition coefficient (Wildman–Crippen LogP) is 1.82. The summed E-state index contributed by atoms with van der Waals surface area (Å²) in [7, 11) is -2.55. The highest BCUT2D eigenvalue weighted by atomic mass is 28.4. The Morgan fingerprint density at radius 3 is 2.68 bits per heavy atom. The quantitative estimate of drug-likeness (QED) is 0.742. The van der Waals surface area contributed by atoms with E-state index in [9.17, 15) is 14.7 Å². The van der Waals surface area contributed by atoms with Crippen LogP contribution in [0.4, 0.5) is 5.69 Å². The molecule has 0 saturated carbocycles. The molecule has 3 N–H and O–H groups in total. The van der Waals surface area contributed by atoms with E-state index in [1.54, 1.807) is 0 Å². The average molecular weight is 321 g/mol. The van der Waals surface area contributed by atoms with Crippen LogP contribution in [0, 0.1) is 5.92 Å². The molecule has 2 aliphatic heterocycles. The number of aliphatic hydroxyl groups excluding tert-OH is 1. The van der Waals surface area contributed by atoms with Gasteiger partial charge in [-0.2, -0.15) is 0 Å². The minimum absolute atomic E-state index is 0.0162. The number of rotatable bonds is 3. The summed E-state index contributed by atoms with van der Waals surface area (Å²) in [5, 5.41) is 12.2. The Morgan fingerprint density at radius 1 is 1.36 bits per heavy atom. The van der Waals surface area contributed by atoms with Crippen molar-refractivity contribution in [3.63, 3.8) is 0 Å². The number of para-hydroxylation sites is 1. The zero-order valence-corrected chi connectivity index (χ0v) is 14.2. The van der Waals surface area contributed by atoms with E-state index < -0.39 is 13.9 Å². The summed E-state index contributed by atoms with van der Waals surface area (Å²) in [6, 6.07) is 7.56. The van der Waals surface area contributed by atoms with Gasteiger partial charge in [0, 0.05) is 29.3 Å². The van der Waals surface area contributed by atoms with E-state index >= 15 is 0 Å². The Labute approximate surface area is 131 Å². The van der Waals surface area contributed by atoms with E-state index in [1.807, 2.05) is 44.3 Å². The molecule has 3 rings (SSSR count). The first-order chi connectivity index (χ1) is 10.3. The maximum atomic E-state index is 12.7. The number of hydrogen-bond donors (Lipinski definition) is 3. The number of nitrogens with one attached hydrogen (secondary N) is 1. The van der Waals surface area contributed by atoms with Crippen LogP contribution in [-0.2, 0) is 15.1 Å². The number of ether oxygens (including phenoxy) is 1. The van der Waals surface area contributed by atoms with E-state index in [2.05, 4.69) is 5.32 Å². The minimum atomic E-state index is -2.55. The number of amides is 1. The molecule has 1 aromatic carbocycles. The molecule has 120 valence electrons. The van der Waals surface area contributed by atoms with Crippen LogP contribution in [0.2, 0.25) is 18.6 Å². The molecular weight excluding hydrogens is 298 g/mol. The molecule has 22 heavy (non-hydrogen) atoms. The van der Waals surface area contributed by atoms with Gasteiger partial charge in [0.2, 0.25) is 0 Å². The highest BCUT2D eigenvalue weighted by molar-refractivity contribution is 6.71. The summed E-state index contributed by atoms with van der Waals surface area (Å²) < 4.78 is 6.24. The van der Waals surface area contributed by atoms with Gasteiger partial charge in [0.15, 0.2) is 13.9 Å². The van der Waals surface area contributed by atoms with Gasteiger partial charge in [-0.1, -0.05) is 25.1 Å². The Kier molecular flexibility index (Phi) is 3.68. The van der Waals surface area contributed by atoms with Crippen LogP contribution >= 0.6 is 0 Å². The van der Waals surface area contributed by atoms with Gasteiger partial charge in [0.25, 0.3) is 5.91 Å². The van der Waals surface area contributed by atoms with Crippen molar-refractivity contribution in [2.24, 2.45) is 5.92 Å². The van der Waals surface area contributed by atoms with E-state index in [4.69, 9.17) is 4.74 Å². The van der Waals surface area contributed by atoms with Gasteiger partial charge in [0.05, 0.1) is 6.10 Å². The largest absolute Gasteiger partial charge is 0.432 e. The van der Waals surface area contributed by atoms with Crippen molar-refractivity contribution in [1.82, 2.24) is 0 Å². The van der Waals surface area contributed by atoms with E-state index in [1.165, 1.54) is 0 Å². The lowest BCUT2D eigenvalue weighted by atomic mass is 9.82. The summed E-state index contributed by atoms with van der Waals surface area (Å²) in [4.78, 5) is 23.4. The van der Waals surface area contributed by atoms with Crippen LogP contribution in [0.25, 0.3) is 0 Å². The van der Waals surface area contributed by atoms with Crippen LogP contribution < -0.4 is 5.32 Å². The average Bonchev–Trinajstić information content (AvgIpc) is 2.88. The molecule has 6 heteroatoms. The van der Waals surface area contributed by atoms with Crippen molar-refractivity contribution >= 4 is 19.9 Å². The smallest absolute Gasteiger partial charge is 0.261 e. The van der Waals surface area contributed by atoms with Crippen LogP contribution in [0.5, 0.6) is 0 Å². The molecular formula is C16H23NO4Si. The van der Waals surface area contributed by atoms with Gasteiger partial charge in [-0.25, -0.2) is 0 Å². The Hall–Kier alpha value is -1.21. The second-order valence-electron chi connectivity index (χ2n) is 6.87. The second kappa shape index (κ2) is 5.16. The van der Waals surface area contributed by atoms with Crippen molar-refractivity contribution in [2.75, 3.05) is 11.9 Å². The molecule has 0 aromatic heterocycles. The normalized spacial score (nSPS) is 34.0. The number of benzene rings is 1. The fourth-order valence-electron chi connectivity index (χ4n) is 4.25. The lowest BCUT2D eigenvalue weighted by Gasteiger charge is -2.31. The highest BCUT2D eigenvalue weighted by Gasteiger charge is 2.64. The summed E-state index contributed by atoms with van der Waals surface area (Å²) in [6.45, 7) is 5.71. The maximum Gasteiger partial charge on any atom is 0.261 e. The maximum absolute atomic E-state index is 12.7. The van der Waals surface area contributed by atoms with Crippen molar-refractivity contribution in [3.05, 3.63) is 29.8 Å². The van der Waals surface area contributed by atoms with E-state index in [0.29, 0.717) is 6.42 Å². The Balaban J connectivity index is 2.10. The van der Waals surface area contributed by atoms with Crippen LogP contribution in [0.1, 0.15) is 18.9 Å². The molecule has 1 amide bonds. The second-order valence-corrected chi connectivity index (χ2v) is 10.8. The first-order valence-corrected chi connectivity index (χ1v) is 10.8. The SMILES string of the molecule is C[C@@H]1[C@@H]([Si](C)(C)O)[C@H](CCO)O[C@@]12C(=O)Nc1ccccc12. The van der Waals surface area contributed by atoms with Gasteiger partial charge < -0.3 is 20.0 Å². The van der Waals surface area contributed by atoms with Gasteiger partial charge in [0.1, 0.15) is 0 Å². The van der Waals surface area contributed by atoms with Crippen LogP contribution in [0.15, 0.2) is 24.3 Å². The third-order valence-corrected chi connectivity index (χ3v) is 7.56. The van der Waals surface area contributed by atoms with Gasteiger partial charge >= 0.3 is 0 Å². The number of carbonyl (C=O) groups excluding carboxylic acids is 1. The third-order valence-electron chi connectivity index (χ3n) is 5.06. The highest BCUT2D eigenvalue weighted by Crippen LogP contribution is 2.57. The molecule has 1 saturated heterocycles. The fraction of sp³-hybridized carbons (Fsp3) is 0.562. The predicted molar refractivity (Wildman–Crippen MR) is 85.9 cm³/mol. The summed E-state index contributed by atoms with van der Waals surface area (Å²) in [5.41, 5.74) is 0.474. The standard InChI is InChI=1S/C16H23NO4Si/c1-10-14(22(2,3)20)13(8-9-18)21-16(10)11-6-4-5-7-12(11)17-15(16)19/h4-7,10,13-14,18,20H,8-9H2,1-3H3,(H,17,19)/t10-,13+,14-,16+/m1/s1. The van der Waals surface area contributed by atoms with Gasteiger partial charge in [-0.3, -0.25) is 4.79 Å². The molecule has 0 radical (unpaired) electrons. The number of anilines is 1. The molecule has 4 atom stereocenters. The Morgan fingerprint density at radius 2 is 2.05 bits per heavy atom. The molecule has 2 aliphatic rings. The third kappa shape index (κ3) is 2.05. The minimum Gasteiger partial charge on any atom is -0.432 e. The lowest BCUT2D eigenvalue weighted by Crippen LogP contribution is -2.43. The van der Waals surface area contributed by atoms with Crippen LogP contribution in [-0.4, -0.2) is 36.8 Å². The van der Waals surface area contributed by atoms with Crippen molar-refractivity contribution in [1.29, 1.82) is 0 Å². The Bertz CT molecular complexity index is 600. The molecule has 1 fully saturated rings. The number of fused-ring (bicyclic) bond motifs is 2. The molecule has 0 unspecified atom stereocenters. The zero-order chi connectivity index (χ0) is 16.1. The van der Waals surface area contributed by atoms with E-state index in [0.717, 1.165) is 11.3 Å². The first kappa shape index (κ1) is 15.7. The molecule has 0 aliphatic carbocycles. The number of aliphatic hydroxyl groups is 1. The van der Waals surface area contributed by atoms with Gasteiger partial charge in [-0.15, -0.1) is 0 Å². The number of hydrogen-bond acceptors (Lipinski definition) is 4. The summed E-state index contributed by atoms with van der Waals surface area (Å²) in [6.07, 6.45) is 0.131. The molecule has 5 nitrogen and oxygen atoms in total.